The van der Waals surface area contributed by atoms with Gasteiger partial charge in [0.25, 0.3) is 0 Å². The van der Waals surface area contributed by atoms with Gasteiger partial charge in [0, 0.05) is 35.8 Å². The zero-order valence-electron chi connectivity index (χ0n) is 17.6. The first-order chi connectivity index (χ1) is 15.2. The molecule has 164 valence electrons. The predicted octanol–water partition coefficient (Wildman–Crippen LogP) is 0.626. The summed E-state index contributed by atoms with van der Waals surface area (Å²) in [6.07, 6.45) is 2.94. The largest absolute Gasteiger partial charge is 1.00 e. The molecular weight excluding hydrogens is 478 g/mol. The van der Waals surface area contributed by atoms with Crippen molar-refractivity contribution >= 4 is 26.9 Å². The van der Waals surface area contributed by atoms with Crippen LogP contribution in [0.5, 0.6) is 11.8 Å². The van der Waals surface area contributed by atoms with E-state index in [2.05, 4.69) is 14.7 Å². The molecule has 0 saturated carbocycles. The molecule has 2 aromatic carbocycles. The van der Waals surface area contributed by atoms with Crippen LogP contribution in [0, 0.1) is 12.7 Å². The van der Waals surface area contributed by atoms with Gasteiger partial charge in [0.2, 0.25) is 0 Å². The molecule has 2 heterocycles. The van der Waals surface area contributed by atoms with E-state index < -0.39 is 27.3 Å². The van der Waals surface area contributed by atoms with E-state index in [1.165, 1.54) is 36.7 Å². The van der Waals surface area contributed by atoms with Crippen molar-refractivity contribution in [3.63, 3.8) is 0 Å². The third-order valence-corrected chi connectivity index (χ3v) is 5.11. The van der Waals surface area contributed by atoms with Crippen molar-refractivity contribution in [2.45, 2.75) is 13.3 Å². The Morgan fingerprint density at radius 1 is 1.15 bits per heavy atom. The molecule has 0 spiro atoms. The number of rotatable bonds is 6. The number of aryl methyl sites for hydroxylation is 1. The smallest absolute Gasteiger partial charge is 0.562 e. The van der Waals surface area contributed by atoms with Crippen LogP contribution >= 0.6 is 0 Å². The van der Waals surface area contributed by atoms with Crippen molar-refractivity contribution in [1.82, 2.24) is 9.97 Å². The van der Waals surface area contributed by atoms with Crippen LogP contribution < -0.4 is 66.9 Å². The Bertz CT molecular complexity index is 1480. The van der Waals surface area contributed by atoms with Gasteiger partial charge in [-0.2, -0.15) is 0 Å². The van der Waals surface area contributed by atoms with Crippen LogP contribution in [0.3, 0.4) is 0 Å². The van der Waals surface area contributed by atoms with E-state index in [-0.39, 0.29) is 80.5 Å². The number of aromatic nitrogens is 2. The average Bonchev–Trinajstić information content (AvgIpc) is 2.73. The zero-order valence-corrected chi connectivity index (χ0v) is 21.6. The summed E-state index contributed by atoms with van der Waals surface area (Å²) in [5.41, 5.74) is 0.0826. The summed E-state index contributed by atoms with van der Waals surface area (Å²) in [5, 5.41) is 5.50. The van der Waals surface area contributed by atoms with Crippen LogP contribution in [0.1, 0.15) is 16.7 Å². The number of fused-ring (bicyclic) bond motifs is 1. The van der Waals surface area contributed by atoms with Gasteiger partial charge in [-0.25, -0.2) is 32.7 Å². The molecule has 33 heavy (non-hydrogen) atoms. The number of ether oxygens (including phenoxy) is 1. The van der Waals surface area contributed by atoms with Crippen LogP contribution in [0.4, 0.5) is 10.1 Å². The minimum Gasteiger partial charge on any atom is -0.562 e. The fourth-order valence-corrected chi connectivity index (χ4v) is 3.60. The summed E-state index contributed by atoms with van der Waals surface area (Å²) < 4.78 is 51.3. The first-order valence-electron chi connectivity index (χ1n) is 9.25. The van der Waals surface area contributed by atoms with Crippen molar-refractivity contribution in [2.75, 3.05) is 0 Å². The van der Waals surface area contributed by atoms with E-state index in [4.69, 9.17) is 14.3 Å². The second-order valence-electron chi connectivity index (χ2n) is 6.82. The van der Waals surface area contributed by atoms with E-state index >= 15 is 0 Å². The summed E-state index contributed by atoms with van der Waals surface area (Å²) in [6.45, 7) is 1.71. The average molecular weight is 495 g/mol. The van der Waals surface area contributed by atoms with E-state index in [1.54, 1.807) is 25.1 Å². The molecule has 0 aliphatic heterocycles. The van der Waals surface area contributed by atoms with Crippen molar-refractivity contribution in [3.05, 3.63) is 92.5 Å². The Hall–Kier alpha value is -2.19. The van der Waals surface area contributed by atoms with Gasteiger partial charge in [-0.1, -0.05) is 23.9 Å². The fourth-order valence-electron chi connectivity index (χ4n) is 3.19. The Kier molecular flexibility index (Phi) is 8.00. The van der Waals surface area contributed by atoms with Crippen molar-refractivity contribution in [3.8, 4) is 11.8 Å². The van der Waals surface area contributed by atoms with Gasteiger partial charge in [-0.3, -0.25) is 0 Å². The Labute approximate surface area is 230 Å². The van der Waals surface area contributed by atoms with Crippen LogP contribution in [-0.4, -0.2) is 18.4 Å². The first kappa shape index (κ1) is 25.4. The molecule has 0 unspecified atom stereocenters. The third kappa shape index (κ3) is 6.03. The molecule has 0 radical (unpaired) electrons. The normalized spacial score (nSPS) is 11.1. The number of hydrogen-bond donors (Lipinski definition) is 1. The SMILES string of the molecule is Cc1c(Cc2cccc([N-]S(N)(=O)=O)c2F)c(=O)oc2cc(Oc3ncccn3)ccc12.[K+]. The monoisotopic (exact) mass is 494 g/mol. The summed E-state index contributed by atoms with van der Waals surface area (Å²) in [7, 11) is -4.28. The molecule has 0 aliphatic carbocycles. The summed E-state index contributed by atoms with van der Waals surface area (Å²) in [5.74, 6) is -0.505. The van der Waals surface area contributed by atoms with Gasteiger partial charge < -0.3 is 13.9 Å². The molecule has 0 bridgehead atoms. The van der Waals surface area contributed by atoms with Gasteiger partial charge in [0.05, 0.1) is 0 Å². The molecule has 0 amide bonds. The molecule has 0 aliphatic rings. The Balaban J connectivity index is 0.00000306. The maximum Gasteiger partial charge on any atom is 1.00 e. The van der Waals surface area contributed by atoms with Crippen molar-refractivity contribution in [2.24, 2.45) is 5.14 Å². The Morgan fingerprint density at radius 2 is 1.88 bits per heavy atom. The van der Waals surface area contributed by atoms with Crippen molar-refractivity contribution < 1.29 is 73.3 Å². The van der Waals surface area contributed by atoms with Gasteiger partial charge in [-0.15, -0.1) is 0 Å². The molecule has 9 nitrogen and oxygen atoms in total. The van der Waals surface area contributed by atoms with E-state index in [1.807, 2.05) is 0 Å². The molecule has 4 rings (SSSR count). The zero-order chi connectivity index (χ0) is 22.9. The van der Waals surface area contributed by atoms with Gasteiger partial charge in [-0.05, 0) is 36.2 Å². The van der Waals surface area contributed by atoms with Crippen LogP contribution in [0.2, 0.25) is 0 Å². The minimum atomic E-state index is -4.28. The second-order valence-corrected chi connectivity index (χ2v) is 8.03. The van der Waals surface area contributed by atoms with Gasteiger partial charge in [0.1, 0.15) is 17.1 Å². The number of nitrogens with zero attached hydrogens (tertiary/aromatic N) is 3. The minimum absolute atomic E-state index is 0. The first-order valence-corrected chi connectivity index (χ1v) is 10.8. The molecule has 0 atom stereocenters. The second kappa shape index (κ2) is 10.4. The summed E-state index contributed by atoms with van der Waals surface area (Å²) in [6, 6.07) is 10.7. The number of hydrogen-bond acceptors (Lipinski definition) is 7. The number of nitrogens with two attached hydrogens (primary N) is 1. The topological polar surface area (TPSA) is 139 Å². The van der Waals surface area contributed by atoms with E-state index in [0.29, 0.717) is 16.7 Å². The molecule has 4 aromatic rings. The third-order valence-electron chi connectivity index (χ3n) is 4.66. The molecule has 12 heteroatoms. The maximum absolute atomic E-state index is 14.8. The quantitative estimate of drug-likeness (QED) is 0.306. The Morgan fingerprint density at radius 3 is 2.58 bits per heavy atom. The van der Waals surface area contributed by atoms with Gasteiger partial charge in [0.15, 0.2) is 10.2 Å². The maximum atomic E-state index is 14.8. The van der Waals surface area contributed by atoms with E-state index in [0.717, 1.165) is 0 Å². The summed E-state index contributed by atoms with van der Waals surface area (Å²) >= 11 is 0. The van der Waals surface area contributed by atoms with Crippen molar-refractivity contribution in [1.29, 1.82) is 0 Å². The van der Waals surface area contributed by atoms with Crippen LogP contribution in [0.25, 0.3) is 15.7 Å². The standard InChI is InChI=1S/C21H16FN4O5S.K/c1-12-15-7-6-14(30-21-24-8-3-9-25-21)11-18(15)31-20(27)16(12)10-13-4-2-5-17(19(13)22)26-32(23,28)29;/h2-9,11H,10H2,1H3,(H2,23,28,29);/q-1;+1. The molecule has 2 N–H and O–H groups in total. The molecular formula is C21H16FKN4O5S. The molecule has 2 aromatic heterocycles. The summed E-state index contributed by atoms with van der Waals surface area (Å²) in [4.78, 5) is 20.6. The number of halogens is 1. The van der Waals surface area contributed by atoms with Crippen LogP contribution in [-0.2, 0) is 16.6 Å². The molecule has 0 fully saturated rings. The molecule has 0 saturated heterocycles. The van der Waals surface area contributed by atoms with E-state index in [9.17, 15) is 17.6 Å². The predicted molar refractivity (Wildman–Crippen MR) is 115 cm³/mol. The van der Waals surface area contributed by atoms with Crippen LogP contribution in [0.15, 0.2) is 64.1 Å². The van der Waals surface area contributed by atoms with Gasteiger partial charge >= 0.3 is 63.0 Å². The fraction of sp³-hybridized carbons (Fsp3) is 0.0952. The number of benzene rings is 2.